The molecule has 2 rings (SSSR count). The number of aliphatic hydroxyl groups is 1. The lowest BCUT2D eigenvalue weighted by Gasteiger charge is -2.22. The molecule has 1 fully saturated rings. The third-order valence-electron chi connectivity index (χ3n) is 3.83. The van der Waals surface area contributed by atoms with Gasteiger partial charge in [0.15, 0.2) is 0 Å². The van der Waals surface area contributed by atoms with Gasteiger partial charge in [-0.05, 0) is 37.8 Å². The number of hydrogen-bond donors (Lipinski definition) is 2. The third kappa shape index (κ3) is 3.74. The van der Waals surface area contributed by atoms with Gasteiger partial charge >= 0.3 is 5.97 Å². The van der Waals surface area contributed by atoms with Crippen LogP contribution in [0.5, 0.6) is 5.75 Å². The van der Waals surface area contributed by atoms with Crippen molar-refractivity contribution in [1.29, 1.82) is 0 Å². The average Bonchev–Trinajstić information content (AvgIpc) is 2.84. The molecule has 2 atom stereocenters. The number of carbonyl (C=O) groups is 1. The molecule has 3 N–H and O–H groups in total. The van der Waals surface area contributed by atoms with Gasteiger partial charge in [-0.1, -0.05) is 18.2 Å². The Morgan fingerprint density at radius 1 is 1.48 bits per heavy atom. The zero-order valence-electron chi connectivity index (χ0n) is 12.4. The minimum absolute atomic E-state index is 0.0781. The molecular formula is C16H23NO4. The van der Waals surface area contributed by atoms with Crippen LogP contribution in [0.3, 0.4) is 0 Å². The van der Waals surface area contributed by atoms with Gasteiger partial charge in [-0.25, -0.2) is 0 Å². The summed E-state index contributed by atoms with van der Waals surface area (Å²) in [6.45, 7) is 2.19. The van der Waals surface area contributed by atoms with Crippen molar-refractivity contribution in [3.05, 3.63) is 29.8 Å². The van der Waals surface area contributed by atoms with Gasteiger partial charge in [0.1, 0.15) is 17.4 Å². The van der Waals surface area contributed by atoms with Crippen LogP contribution in [0.4, 0.5) is 0 Å². The van der Waals surface area contributed by atoms with Crippen LogP contribution in [0, 0.1) is 0 Å². The predicted octanol–water partition coefficient (Wildman–Crippen LogP) is 1.41. The van der Waals surface area contributed by atoms with E-state index in [1.807, 2.05) is 24.3 Å². The molecular weight excluding hydrogens is 270 g/mol. The van der Waals surface area contributed by atoms with Gasteiger partial charge in [0.25, 0.3) is 0 Å². The fraction of sp³-hybridized carbons (Fsp3) is 0.562. The normalized spacial score (nSPS) is 24.8. The molecule has 1 aliphatic rings. The molecule has 116 valence electrons. The van der Waals surface area contributed by atoms with E-state index in [1.54, 1.807) is 6.92 Å². The van der Waals surface area contributed by atoms with E-state index in [0.29, 0.717) is 25.9 Å². The maximum Gasteiger partial charge on any atom is 0.326 e. The van der Waals surface area contributed by atoms with Crippen LogP contribution in [0.2, 0.25) is 0 Å². The molecule has 0 radical (unpaired) electrons. The number of aliphatic hydroxyl groups excluding tert-OH is 1. The second-order valence-corrected chi connectivity index (χ2v) is 5.44. The zero-order valence-corrected chi connectivity index (χ0v) is 12.4. The van der Waals surface area contributed by atoms with E-state index in [0.717, 1.165) is 17.7 Å². The molecule has 0 aromatic heterocycles. The third-order valence-corrected chi connectivity index (χ3v) is 3.83. The number of para-hydroxylation sites is 1. The minimum atomic E-state index is -0.938. The van der Waals surface area contributed by atoms with Gasteiger partial charge in [0, 0.05) is 13.0 Å². The maximum atomic E-state index is 11.9. The first-order valence-corrected chi connectivity index (χ1v) is 7.40. The molecule has 0 spiro atoms. The summed E-state index contributed by atoms with van der Waals surface area (Å²) < 4.78 is 11.0. The van der Waals surface area contributed by atoms with Crippen LogP contribution in [0.15, 0.2) is 24.3 Å². The highest BCUT2D eigenvalue weighted by Crippen LogP contribution is 2.33. The molecule has 1 aromatic rings. The summed E-state index contributed by atoms with van der Waals surface area (Å²) in [6, 6.07) is 7.62. The van der Waals surface area contributed by atoms with Crippen molar-refractivity contribution in [3.63, 3.8) is 0 Å². The Labute approximate surface area is 125 Å². The van der Waals surface area contributed by atoms with Crippen LogP contribution >= 0.6 is 0 Å². The summed E-state index contributed by atoms with van der Waals surface area (Å²) in [6.07, 6.45) is 2.20. The van der Waals surface area contributed by atoms with Crippen LogP contribution in [0.1, 0.15) is 31.7 Å². The Morgan fingerprint density at radius 3 is 2.95 bits per heavy atom. The van der Waals surface area contributed by atoms with Crippen molar-refractivity contribution < 1.29 is 19.4 Å². The Kier molecular flexibility index (Phi) is 5.20. The lowest BCUT2D eigenvalue weighted by atomic mass is 9.99. The van der Waals surface area contributed by atoms with Crippen LogP contribution in [0.25, 0.3) is 0 Å². The van der Waals surface area contributed by atoms with Crippen LogP contribution in [-0.2, 0) is 16.0 Å². The van der Waals surface area contributed by atoms with Crippen molar-refractivity contribution in [2.24, 2.45) is 5.73 Å². The average molecular weight is 293 g/mol. The second-order valence-electron chi connectivity index (χ2n) is 5.44. The van der Waals surface area contributed by atoms with Crippen molar-refractivity contribution in [3.8, 4) is 5.75 Å². The summed E-state index contributed by atoms with van der Waals surface area (Å²) in [5, 5.41) is 9.08. The van der Waals surface area contributed by atoms with E-state index >= 15 is 0 Å². The van der Waals surface area contributed by atoms with Crippen molar-refractivity contribution in [2.75, 3.05) is 13.2 Å². The van der Waals surface area contributed by atoms with E-state index < -0.39 is 5.54 Å². The molecule has 0 bridgehead atoms. The molecule has 21 heavy (non-hydrogen) atoms. The molecule has 1 saturated carbocycles. The fourth-order valence-electron chi connectivity index (χ4n) is 2.72. The van der Waals surface area contributed by atoms with E-state index in [-0.39, 0.29) is 18.7 Å². The number of benzene rings is 1. The number of hydrogen-bond acceptors (Lipinski definition) is 5. The molecule has 0 aliphatic heterocycles. The van der Waals surface area contributed by atoms with E-state index in [2.05, 4.69) is 0 Å². The summed E-state index contributed by atoms with van der Waals surface area (Å²) >= 11 is 0. The molecule has 0 amide bonds. The highest BCUT2D eigenvalue weighted by molar-refractivity contribution is 5.81. The number of ether oxygens (including phenoxy) is 2. The zero-order chi connectivity index (χ0) is 15.3. The highest BCUT2D eigenvalue weighted by atomic mass is 16.5. The molecule has 2 unspecified atom stereocenters. The molecule has 1 aromatic carbocycles. The monoisotopic (exact) mass is 293 g/mol. The quantitative estimate of drug-likeness (QED) is 0.775. The predicted molar refractivity (Wildman–Crippen MR) is 79.1 cm³/mol. The Balaban J connectivity index is 2.01. The van der Waals surface area contributed by atoms with Gasteiger partial charge in [-0.3, -0.25) is 4.79 Å². The SMILES string of the molecule is CCOC(=O)C1(N)CCC(Oc2ccccc2CCO)C1. The minimum Gasteiger partial charge on any atom is -0.490 e. The first-order chi connectivity index (χ1) is 10.1. The standard InChI is InChI=1S/C16H23NO4/c1-2-20-15(19)16(17)9-7-13(11-16)21-14-6-4-3-5-12(14)8-10-18/h3-6,13,18H,2,7-11,17H2,1H3. The van der Waals surface area contributed by atoms with Crippen molar-refractivity contribution in [1.82, 2.24) is 0 Å². The fourth-order valence-corrected chi connectivity index (χ4v) is 2.72. The Bertz CT molecular complexity index is 491. The number of nitrogens with two attached hydrogens (primary N) is 1. The summed E-state index contributed by atoms with van der Waals surface area (Å²) in [5.74, 6) is 0.407. The van der Waals surface area contributed by atoms with Gasteiger partial charge < -0.3 is 20.3 Å². The van der Waals surface area contributed by atoms with Crippen LogP contribution < -0.4 is 10.5 Å². The van der Waals surface area contributed by atoms with E-state index in [4.69, 9.17) is 20.3 Å². The van der Waals surface area contributed by atoms with E-state index in [9.17, 15) is 4.79 Å². The smallest absolute Gasteiger partial charge is 0.326 e. The van der Waals surface area contributed by atoms with Gasteiger partial charge in [-0.2, -0.15) is 0 Å². The van der Waals surface area contributed by atoms with Gasteiger partial charge in [0.2, 0.25) is 0 Å². The molecule has 1 aliphatic carbocycles. The lowest BCUT2D eigenvalue weighted by molar-refractivity contribution is -0.149. The van der Waals surface area contributed by atoms with Crippen molar-refractivity contribution >= 4 is 5.97 Å². The maximum absolute atomic E-state index is 11.9. The Morgan fingerprint density at radius 2 is 2.24 bits per heavy atom. The largest absolute Gasteiger partial charge is 0.490 e. The van der Waals surface area contributed by atoms with Crippen molar-refractivity contribution in [2.45, 2.75) is 44.2 Å². The molecule has 5 nitrogen and oxygen atoms in total. The molecule has 5 heteroatoms. The summed E-state index contributed by atoms with van der Waals surface area (Å²) in [4.78, 5) is 11.9. The second kappa shape index (κ2) is 6.91. The molecule has 0 heterocycles. The number of rotatable bonds is 6. The van der Waals surface area contributed by atoms with Crippen LogP contribution in [-0.4, -0.2) is 35.9 Å². The lowest BCUT2D eigenvalue weighted by Crippen LogP contribution is -2.47. The topological polar surface area (TPSA) is 81.8 Å². The molecule has 0 saturated heterocycles. The summed E-state index contributed by atoms with van der Waals surface area (Å²) in [7, 11) is 0. The Hall–Kier alpha value is -1.59. The van der Waals surface area contributed by atoms with E-state index in [1.165, 1.54) is 0 Å². The first-order valence-electron chi connectivity index (χ1n) is 7.40. The number of esters is 1. The number of carbonyl (C=O) groups excluding carboxylic acids is 1. The first kappa shape index (κ1) is 15.8. The summed E-state index contributed by atoms with van der Waals surface area (Å²) in [5.41, 5.74) is 6.16. The highest BCUT2D eigenvalue weighted by Gasteiger charge is 2.44. The van der Waals surface area contributed by atoms with Gasteiger partial charge in [-0.15, -0.1) is 0 Å². The van der Waals surface area contributed by atoms with Gasteiger partial charge in [0.05, 0.1) is 6.61 Å².